The standard InChI is InChI=1S/C19H26N2O5S/c1-12(19(22)20-16-10-13-3-4-14(16)9-13)21(27(2,23)24)15-5-6-17-18(11-15)26-8-7-25-17/h5-6,11-14,16H,3-4,7-10H2,1-2H3,(H,20,22). The first-order valence-electron chi connectivity index (χ1n) is 9.52. The number of rotatable bonds is 5. The largest absolute Gasteiger partial charge is 0.486 e. The molecule has 4 rings (SSSR count). The lowest BCUT2D eigenvalue weighted by Crippen LogP contribution is -2.51. The molecular weight excluding hydrogens is 368 g/mol. The van der Waals surface area contributed by atoms with Crippen LogP contribution in [0, 0.1) is 11.8 Å². The highest BCUT2D eigenvalue weighted by Crippen LogP contribution is 2.44. The van der Waals surface area contributed by atoms with Crippen molar-refractivity contribution in [2.75, 3.05) is 23.8 Å². The zero-order valence-electron chi connectivity index (χ0n) is 15.7. The SMILES string of the molecule is CC(C(=O)NC1CC2CCC1C2)N(c1ccc2c(c1)OCCO2)S(C)(=O)=O. The van der Waals surface area contributed by atoms with E-state index in [2.05, 4.69) is 5.32 Å². The number of carbonyl (C=O) groups is 1. The second-order valence-corrected chi connectivity index (χ2v) is 9.71. The molecule has 1 heterocycles. The fourth-order valence-corrected chi connectivity index (χ4v) is 5.87. The van der Waals surface area contributed by atoms with E-state index in [0.29, 0.717) is 42.2 Å². The minimum absolute atomic E-state index is 0.167. The van der Waals surface area contributed by atoms with Crippen molar-refractivity contribution in [2.45, 2.75) is 44.7 Å². The first-order valence-corrected chi connectivity index (χ1v) is 11.4. The van der Waals surface area contributed by atoms with Crippen LogP contribution in [0.1, 0.15) is 32.6 Å². The lowest BCUT2D eigenvalue weighted by atomic mass is 9.95. The minimum atomic E-state index is -3.66. The molecule has 148 valence electrons. The van der Waals surface area contributed by atoms with Crippen molar-refractivity contribution in [3.8, 4) is 11.5 Å². The molecule has 2 bridgehead atoms. The zero-order chi connectivity index (χ0) is 19.2. The minimum Gasteiger partial charge on any atom is -0.486 e. The van der Waals surface area contributed by atoms with Gasteiger partial charge in [0.1, 0.15) is 19.3 Å². The third kappa shape index (κ3) is 3.59. The number of carbonyl (C=O) groups excluding carboxylic acids is 1. The third-order valence-electron chi connectivity index (χ3n) is 5.93. The van der Waals surface area contributed by atoms with Crippen LogP contribution in [0.25, 0.3) is 0 Å². The van der Waals surface area contributed by atoms with Crippen LogP contribution in [0.3, 0.4) is 0 Å². The van der Waals surface area contributed by atoms with Crippen molar-refractivity contribution < 1.29 is 22.7 Å². The van der Waals surface area contributed by atoms with Crippen LogP contribution in [0.15, 0.2) is 18.2 Å². The molecule has 27 heavy (non-hydrogen) atoms. The van der Waals surface area contributed by atoms with Gasteiger partial charge in [-0.1, -0.05) is 6.42 Å². The van der Waals surface area contributed by atoms with E-state index < -0.39 is 16.1 Å². The maximum absolute atomic E-state index is 12.9. The van der Waals surface area contributed by atoms with Crippen molar-refractivity contribution in [2.24, 2.45) is 11.8 Å². The summed E-state index contributed by atoms with van der Waals surface area (Å²) in [6, 6.07) is 4.28. The normalized spacial score (nSPS) is 27.3. The predicted molar refractivity (Wildman–Crippen MR) is 102 cm³/mol. The Bertz CT molecular complexity index is 841. The molecule has 1 amide bonds. The number of hydrogen-bond acceptors (Lipinski definition) is 5. The second kappa shape index (κ2) is 6.89. The van der Waals surface area contributed by atoms with E-state index in [0.717, 1.165) is 23.4 Å². The Morgan fingerprint density at radius 3 is 2.56 bits per heavy atom. The average molecular weight is 394 g/mol. The van der Waals surface area contributed by atoms with E-state index >= 15 is 0 Å². The number of fused-ring (bicyclic) bond motifs is 3. The van der Waals surface area contributed by atoms with Crippen molar-refractivity contribution >= 4 is 21.6 Å². The number of anilines is 1. The van der Waals surface area contributed by atoms with Crippen LogP contribution in [0.5, 0.6) is 11.5 Å². The molecular formula is C19H26N2O5S. The summed E-state index contributed by atoms with van der Waals surface area (Å²) in [5.74, 6) is 2.06. The van der Waals surface area contributed by atoms with E-state index in [9.17, 15) is 13.2 Å². The molecule has 0 aromatic heterocycles. The number of ether oxygens (including phenoxy) is 2. The Hall–Kier alpha value is -1.96. The number of benzene rings is 1. The number of sulfonamides is 1. The van der Waals surface area contributed by atoms with Crippen molar-refractivity contribution in [1.82, 2.24) is 5.32 Å². The lowest BCUT2D eigenvalue weighted by Gasteiger charge is -2.31. The quantitative estimate of drug-likeness (QED) is 0.825. The van der Waals surface area contributed by atoms with Crippen LogP contribution in [0.4, 0.5) is 5.69 Å². The molecule has 8 heteroatoms. The van der Waals surface area contributed by atoms with Crippen LogP contribution < -0.4 is 19.1 Å². The lowest BCUT2D eigenvalue weighted by molar-refractivity contribution is -0.122. The molecule has 4 unspecified atom stereocenters. The van der Waals surface area contributed by atoms with Crippen molar-refractivity contribution in [1.29, 1.82) is 0 Å². The molecule has 0 spiro atoms. The van der Waals surface area contributed by atoms with E-state index in [1.807, 2.05) is 0 Å². The summed E-state index contributed by atoms with van der Waals surface area (Å²) >= 11 is 0. The molecule has 3 aliphatic rings. The molecule has 1 aromatic carbocycles. The molecule has 7 nitrogen and oxygen atoms in total. The van der Waals surface area contributed by atoms with E-state index in [1.54, 1.807) is 25.1 Å². The van der Waals surface area contributed by atoms with Gasteiger partial charge in [-0.3, -0.25) is 9.10 Å². The Labute approximate surface area is 160 Å². The highest BCUT2D eigenvalue weighted by atomic mass is 32.2. The van der Waals surface area contributed by atoms with Gasteiger partial charge >= 0.3 is 0 Å². The van der Waals surface area contributed by atoms with Gasteiger partial charge in [0.05, 0.1) is 11.9 Å². The summed E-state index contributed by atoms with van der Waals surface area (Å²) < 4.78 is 37.2. The average Bonchev–Trinajstić information content (AvgIpc) is 3.23. The molecule has 0 radical (unpaired) electrons. The van der Waals surface area contributed by atoms with Gasteiger partial charge in [-0.2, -0.15) is 0 Å². The van der Waals surface area contributed by atoms with Crippen LogP contribution in [-0.4, -0.2) is 45.9 Å². The van der Waals surface area contributed by atoms with Crippen molar-refractivity contribution in [3.63, 3.8) is 0 Å². The van der Waals surface area contributed by atoms with Crippen LogP contribution >= 0.6 is 0 Å². The summed E-state index contributed by atoms with van der Waals surface area (Å²) in [5.41, 5.74) is 0.400. The van der Waals surface area contributed by atoms with Gasteiger partial charge in [-0.05, 0) is 50.2 Å². The predicted octanol–water partition coefficient (Wildman–Crippen LogP) is 1.92. The number of nitrogens with zero attached hydrogens (tertiary/aromatic N) is 1. The monoisotopic (exact) mass is 394 g/mol. The Morgan fingerprint density at radius 1 is 1.19 bits per heavy atom. The summed E-state index contributed by atoms with van der Waals surface area (Å²) in [6.45, 7) is 2.50. The third-order valence-corrected chi connectivity index (χ3v) is 7.18. The molecule has 2 saturated carbocycles. The van der Waals surface area contributed by atoms with E-state index in [-0.39, 0.29) is 11.9 Å². The fraction of sp³-hybridized carbons (Fsp3) is 0.632. The maximum atomic E-state index is 12.9. The van der Waals surface area contributed by atoms with Gasteiger partial charge in [0.25, 0.3) is 0 Å². The van der Waals surface area contributed by atoms with E-state index in [4.69, 9.17) is 9.47 Å². The number of hydrogen-bond donors (Lipinski definition) is 1. The second-order valence-electron chi connectivity index (χ2n) is 7.85. The first kappa shape index (κ1) is 18.4. The molecule has 2 aliphatic carbocycles. The van der Waals surface area contributed by atoms with E-state index in [1.165, 1.54) is 12.8 Å². The van der Waals surface area contributed by atoms with Crippen LogP contribution in [0.2, 0.25) is 0 Å². The van der Waals surface area contributed by atoms with Gasteiger partial charge in [0.2, 0.25) is 15.9 Å². The molecule has 1 aromatic rings. The molecule has 1 aliphatic heterocycles. The molecule has 4 atom stereocenters. The first-order chi connectivity index (χ1) is 12.8. The van der Waals surface area contributed by atoms with Gasteiger partial charge in [0, 0.05) is 12.1 Å². The Kier molecular flexibility index (Phi) is 4.70. The van der Waals surface area contributed by atoms with Gasteiger partial charge < -0.3 is 14.8 Å². The smallest absolute Gasteiger partial charge is 0.243 e. The summed E-state index contributed by atoms with van der Waals surface area (Å²) in [4.78, 5) is 12.9. The van der Waals surface area contributed by atoms with Crippen molar-refractivity contribution in [3.05, 3.63) is 18.2 Å². The number of nitrogens with one attached hydrogen (secondary N) is 1. The van der Waals surface area contributed by atoms with Gasteiger partial charge in [-0.15, -0.1) is 0 Å². The Morgan fingerprint density at radius 2 is 1.93 bits per heavy atom. The number of amides is 1. The zero-order valence-corrected chi connectivity index (χ0v) is 16.5. The molecule has 2 fully saturated rings. The molecule has 1 N–H and O–H groups in total. The fourth-order valence-electron chi connectivity index (χ4n) is 4.70. The Balaban J connectivity index is 1.55. The summed E-state index contributed by atoms with van der Waals surface area (Å²) in [7, 11) is -3.66. The van der Waals surface area contributed by atoms with Gasteiger partial charge in [0.15, 0.2) is 11.5 Å². The summed E-state index contributed by atoms with van der Waals surface area (Å²) in [6.07, 6.45) is 5.70. The highest BCUT2D eigenvalue weighted by molar-refractivity contribution is 7.92. The highest BCUT2D eigenvalue weighted by Gasteiger charge is 2.41. The maximum Gasteiger partial charge on any atom is 0.243 e. The summed E-state index contributed by atoms with van der Waals surface area (Å²) in [5, 5.41) is 3.09. The van der Waals surface area contributed by atoms with Crippen LogP contribution in [-0.2, 0) is 14.8 Å². The van der Waals surface area contributed by atoms with Gasteiger partial charge in [-0.25, -0.2) is 8.42 Å². The topological polar surface area (TPSA) is 84.9 Å². The molecule has 0 saturated heterocycles.